The first-order valence-corrected chi connectivity index (χ1v) is 8.72. The lowest BCUT2D eigenvalue weighted by Crippen LogP contribution is -2.12. The number of benzene rings is 2. The lowest BCUT2D eigenvalue weighted by molar-refractivity contribution is 0.101. The maximum atomic E-state index is 12.3. The van der Waals surface area contributed by atoms with Crippen LogP contribution in [0.4, 0.5) is 17.2 Å². The summed E-state index contributed by atoms with van der Waals surface area (Å²) in [5, 5.41) is 6.60. The molecule has 0 aliphatic rings. The molecule has 0 bridgehead atoms. The average Bonchev–Trinajstić information content (AvgIpc) is 2.65. The summed E-state index contributed by atoms with van der Waals surface area (Å²) in [6, 6.07) is 15.7. The zero-order valence-electron chi connectivity index (χ0n) is 14.9. The van der Waals surface area contributed by atoms with E-state index in [9.17, 15) is 9.59 Å². The van der Waals surface area contributed by atoms with Crippen LogP contribution < -0.4 is 10.6 Å². The third kappa shape index (κ3) is 4.71. The molecule has 0 fully saturated rings. The van der Waals surface area contributed by atoms with Crippen molar-refractivity contribution >= 4 is 40.5 Å². The molecular formula is C21H18ClN3O2. The monoisotopic (exact) mass is 379 g/mol. The maximum Gasteiger partial charge on any atom is 0.257 e. The molecule has 27 heavy (non-hydrogen) atoms. The van der Waals surface area contributed by atoms with Gasteiger partial charge in [-0.1, -0.05) is 17.7 Å². The van der Waals surface area contributed by atoms with Crippen molar-refractivity contribution in [1.29, 1.82) is 0 Å². The van der Waals surface area contributed by atoms with Gasteiger partial charge in [0.05, 0.1) is 5.56 Å². The largest absolute Gasteiger partial charge is 0.340 e. The van der Waals surface area contributed by atoms with Crippen LogP contribution in [0.2, 0.25) is 5.02 Å². The molecule has 1 aromatic heterocycles. The van der Waals surface area contributed by atoms with E-state index in [1.807, 2.05) is 25.1 Å². The summed E-state index contributed by atoms with van der Waals surface area (Å²) in [5.41, 5.74) is 3.54. The highest BCUT2D eigenvalue weighted by Gasteiger charge is 2.08. The van der Waals surface area contributed by atoms with Crippen LogP contribution in [-0.2, 0) is 0 Å². The molecular weight excluding hydrogens is 362 g/mol. The van der Waals surface area contributed by atoms with E-state index in [1.165, 1.54) is 13.1 Å². The van der Waals surface area contributed by atoms with E-state index in [0.29, 0.717) is 27.7 Å². The lowest BCUT2D eigenvalue weighted by atomic mass is 10.1. The molecule has 0 unspecified atom stereocenters. The van der Waals surface area contributed by atoms with Crippen LogP contribution in [-0.4, -0.2) is 16.7 Å². The number of halogens is 1. The van der Waals surface area contributed by atoms with Gasteiger partial charge in [0, 0.05) is 28.2 Å². The summed E-state index contributed by atoms with van der Waals surface area (Å²) in [5.74, 6) is 0.321. The Hall–Kier alpha value is -3.18. The Morgan fingerprint density at radius 2 is 1.67 bits per heavy atom. The number of rotatable bonds is 5. The summed E-state index contributed by atoms with van der Waals surface area (Å²) in [6.45, 7) is 3.47. The highest BCUT2D eigenvalue weighted by atomic mass is 35.5. The molecule has 0 atom stereocenters. The van der Waals surface area contributed by atoms with Crippen molar-refractivity contribution in [1.82, 2.24) is 4.98 Å². The molecule has 2 N–H and O–H groups in total. The minimum atomic E-state index is -0.274. The van der Waals surface area contributed by atoms with E-state index in [-0.39, 0.29) is 11.7 Å². The number of nitrogens with one attached hydrogen (secondary N) is 2. The predicted molar refractivity (Wildman–Crippen MR) is 108 cm³/mol. The number of hydrogen-bond acceptors (Lipinski definition) is 4. The van der Waals surface area contributed by atoms with Crippen LogP contribution >= 0.6 is 11.6 Å². The maximum absolute atomic E-state index is 12.3. The Kier molecular flexibility index (Phi) is 5.52. The molecule has 3 rings (SSSR count). The van der Waals surface area contributed by atoms with Gasteiger partial charge in [0.15, 0.2) is 5.78 Å². The van der Waals surface area contributed by atoms with E-state index in [4.69, 9.17) is 11.6 Å². The van der Waals surface area contributed by atoms with Gasteiger partial charge in [0.25, 0.3) is 5.91 Å². The number of nitrogens with zero attached hydrogens (tertiary/aromatic N) is 1. The number of hydrogen-bond donors (Lipinski definition) is 2. The third-order valence-corrected chi connectivity index (χ3v) is 4.27. The number of aromatic nitrogens is 1. The molecule has 2 aromatic carbocycles. The molecule has 0 saturated carbocycles. The van der Waals surface area contributed by atoms with Crippen molar-refractivity contribution in [3.63, 3.8) is 0 Å². The standard InChI is InChI=1S/C21H18ClN3O2/c1-13-3-7-17(22)11-19(13)25-20-10-6-16(12-23-20)21(27)24-18-8-4-15(5-9-18)14(2)26/h3-12H,1-2H3,(H,23,25)(H,24,27). The van der Waals surface area contributed by atoms with Gasteiger partial charge in [-0.05, 0) is 67.9 Å². The Balaban J connectivity index is 1.68. The number of pyridine rings is 1. The van der Waals surface area contributed by atoms with Gasteiger partial charge >= 0.3 is 0 Å². The number of Topliss-reactive ketones (excluding diaryl/α,β-unsaturated/α-hetero) is 1. The van der Waals surface area contributed by atoms with Crippen molar-refractivity contribution in [2.45, 2.75) is 13.8 Å². The normalized spacial score (nSPS) is 10.3. The van der Waals surface area contributed by atoms with Crippen molar-refractivity contribution in [3.8, 4) is 0 Å². The molecule has 1 amide bonds. The highest BCUT2D eigenvalue weighted by Crippen LogP contribution is 2.23. The van der Waals surface area contributed by atoms with Gasteiger partial charge < -0.3 is 10.6 Å². The first kappa shape index (κ1) is 18.6. The summed E-state index contributed by atoms with van der Waals surface area (Å²) in [6.07, 6.45) is 1.50. The van der Waals surface area contributed by atoms with Crippen LogP contribution in [0.5, 0.6) is 0 Å². The van der Waals surface area contributed by atoms with E-state index in [0.717, 1.165) is 11.3 Å². The second-order valence-electron chi connectivity index (χ2n) is 6.10. The minimum absolute atomic E-state index is 0.0184. The fourth-order valence-electron chi connectivity index (χ4n) is 2.46. The second kappa shape index (κ2) is 8.01. The summed E-state index contributed by atoms with van der Waals surface area (Å²) < 4.78 is 0. The fraction of sp³-hybridized carbons (Fsp3) is 0.0952. The van der Waals surface area contributed by atoms with E-state index in [1.54, 1.807) is 36.4 Å². The average molecular weight is 380 g/mol. The van der Waals surface area contributed by atoms with Crippen molar-refractivity contribution in [2.75, 3.05) is 10.6 Å². The van der Waals surface area contributed by atoms with Gasteiger partial charge in [-0.25, -0.2) is 4.98 Å². The Bertz CT molecular complexity index is 983. The van der Waals surface area contributed by atoms with Crippen LogP contribution in [0.15, 0.2) is 60.8 Å². The molecule has 0 aliphatic carbocycles. The number of amides is 1. The first-order valence-electron chi connectivity index (χ1n) is 8.34. The van der Waals surface area contributed by atoms with Crippen LogP contribution in [0.25, 0.3) is 0 Å². The minimum Gasteiger partial charge on any atom is -0.340 e. The number of carbonyl (C=O) groups is 2. The molecule has 1 heterocycles. The van der Waals surface area contributed by atoms with Crippen LogP contribution in [0, 0.1) is 6.92 Å². The smallest absolute Gasteiger partial charge is 0.257 e. The molecule has 0 spiro atoms. The van der Waals surface area contributed by atoms with E-state index < -0.39 is 0 Å². The SMILES string of the molecule is CC(=O)c1ccc(NC(=O)c2ccc(Nc3cc(Cl)ccc3C)nc2)cc1. The zero-order valence-corrected chi connectivity index (χ0v) is 15.7. The van der Waals surface area contributed by atoms with Gasteiger partial charge in [0.2, 0.25) is 0 Å². The number of anilines is 3. The topological polar surface area (TPSA) is 71.1 Å². The van der Waals surface area contributed by atoms with Crippen molar-refractivity contribution < 1.29 is 9.59 Å². The van der Waals surface area contributed by atoms with Crippen molar-refractivity contribution in [3.05, 3.63) is 82.5 Å². The van der Waals surface area contributed by atoms with Crippen molar-refractivity contribution in [2.24, 2.45) is 0 Å². The fourth-order valence-corrected chi connectivity index (χ4v) is 2.63. The number of aryl methyl sites for hydroxylation is 1. The summed E-state index contributed by atoms with van der Waals surface area (Å²) in [7, 11) is 0. The van der Waals surface area contributed by atoms with E-state index in [2.05, 4.69) is 15.6 Å². The number of carbonyl (C=O) groups excluding carboxylic acids is 2. The Morgan fingerprint density at radius 1 is 0.963 bits per heavy atom. The zero-order chi connectivity index (χ0) is 19.4. The molecule has 3 aromatic rings. The lowest BCUT2D eigenvalue weighted by Gasteiger charge is -2.10. The first-order chi connectivity index (χ1) is 12.9. The summed E-state index contributed by atoms with van der Waals surface area (Å²) >= 11 is 6.02. The molecule has 136 valence electrons. The molecule has 6 heteroatoms. The van der Waals surface area contributed by atoms with Gasteiger partial charge in [0.1, 0.15) is 5.82 Å². The Labute approximate surface area is 162 Å². The second-order valence-corrected chi connectivity index (χ2v) is 6.54. The number of ketones is 1. The predicted octanol–water partition coefficient (Wildman–Crippen LogP) is 5.24. The Morgan fingerprint density at radius 3 is 2.30 bits per heavy atom. The van der Waals surface area contributed by atoms with Gasteiger partial charge in [-0.3, -0.25) is 9.59 Å². The molecule has 0 saturated heterocycles. The molecule has 0 aliphatic heterocycles. The highest BCUT2D eigenvalue weighted by molar-refractivity contribution is 6.30. The summed E-state index contributed by atoms with van der Waals surface area (Å²) in [4.78, 5) is 27.9. The quantitative estimate of drug-likeness (QED) is 0.594. The third-order valence-electron chi connectivity index (χ3n) is 4.04. The molecule has 0 radical (unpaired) electrons. The van der Waals surface area contributed by atoms with Crippen LogP contribution in [0.3, 0.4) is 0 Å². The van der Waals surface area contributed by atoms with E-state index >= 15 is 0 Å². The van der Waals surface area contributed by atoms with Gasteiger partial charge in [-0.15, -0.1) is 0 Å². The van der Waals surface area contributed by atoms with Gasteiger partial charge in [-0.2, -0.15) is 0 Å². The molecule has 5 nitrogen and oxygen atoms in total. The van der Waals surface area contributed by atoms with Crippen LogP contribution in [0.1, 0.15) is 33.2 Å².